The highest BCUT2D eigenvalue weighted by Gasteiger charge is 2.30. The molecule has 1 atom stereocenters. The number of nitrogens with one attached hydrogen (secondary N) is 2. The van der Waals surface area contributed by atoms with Crippen LogP contribution in [0.15, 0.2) is 59.4 Å². The highest BCUT2D eigenvalue weighted by atomic mass is 79.9. The molecule has 10 nitrogen and oxygen atoms in total. The van der Waals surface area contributed by atoms with Crippen LogP contribution < -0.4 is 15.4 Å². The minimum atomic E-state index is -0.310. The standard InChI is InChI=1S/C27H31BrN6O4/c1-4-38-27(36)23-16-34(12-11-33(23)2)10-6-9-25(35)32-22-14-20-21(15-24(22)37-3)29-17-30-26(20)31-19-8-5-7-18(28)13-19/h5-9,13-15,17,23H,4,10-12,16H2,1-3H3,(H,32,35)(H,29,30,31). The van der Waals surface area contributed by atoms with Gasteiger partial charge >= 0.3 is 5.97 Å². The molecule has 38 heavy (non-hydrogen) atoms. The van der Waals surface area contributed by atoms with Crippen molar-refractivity contribution in [3.8, 4) is 5.75 Å². The lowest BCUT2D eigenvalue weighted by molar-refractivity contribution is -0.151. The SMILES string of the molecule is CCOC(=O)C1CN(CC=CC(=O)Nc2cc3c(Nc4cccc(Br)c4)ncnc3cc2OC)CCN1C. The highest BCUT2D eigenvalue weighted by molar-refractivity contribution is 9.10. The summed E-state index contributed by atoms with van der Waals surface area (Å²) in [7, 11) is 3.46. The van der Waals surface area contributed by atoms with Crippen LogP contribution >= 0.6 is 15.9 Å². The van der Waals surface area contributed by atoms with Gasteiger partial charge in [-0.3, -0.25) is 19.4 Å². The molecule has 1 aromatic heterocycles. The van der Waals surface area contributed by atoms with Gasteiger partial charge in [0.05, 0.1) is 24.9 Å². The molecule has 1 aliphatic heterocycles. The number of fused-ring (bicyclic) bond motifs is 1. The average molecular weight is 583 g/mol. The van der Waals surface area contributed by atoms with Crippen LogP contribution in [0, 0.1) is 0 Å². The molecule has 0 saturated carbocycles. The Morgan fingerprint density at radius 1 is 1.21 bits per heavy atom. The zero-order valence-corrected chi connectivity index (χ0v) is 23.2. The van der Waals surface area contributed by atoms with Gasteiger partial charge < -0.3 is 20.1 Å². The summed E-state index contributed by atoms with van der Waals surface area (Å²) in [5, 5.41) is 6.94. The number of ether oxygens (including phenoxy) is 2. The Morgan fingerprint density at radius 2 is 2.05 bits per heavy atom. The first-order valence-electron chi connectivity index (χ1n) is 12.3. The van der Waals surface area contributed by atoms with Crippen LogP contribution in [-0.4, -0.2) is 84.6 Å². The molecule has 2 heterocycles. The van der Waals surface area contributed by atoms with Crippen molar-refractivity contribution in [2.75, 3.05) is 57.6 Å². The number of piperazine rings is 1. The molecule has 0 aliphatic carbocycles. The van der Waals surface area contributed by atoms with Crippen LogP contribution in [0.2, 0.25) is 0 Å². The summed E-state index contributed by atoms with van der Waals surface area (Å²) in [6.45, 7) is 4.79. The van der Waals surface area contributed by atoms with E-state index < -0.39 is 0 Å². The van der Waals surface area contributed by atoms with Gasteiger partial charge in [-0.25, -0.2) is 9.97 Å². The molecule has 1 saturated heterocycles. The number of methoxy groups -OCH3 is 1. The summed E-state index contributed by atoms with van der Waals surface area (Å²) in [4.78, 5) is 37.9. The maximum Gasteiger partial charge on any atom is 0.324 e. The molecule has 200 valence electrons. The fraction of sp³-hybridized carbons (Fsp3) is 0.333. The number of nitrogens with zero attached hydrogens (tertiary/aromatic N) is 4. The third-order valence-electron chi connectivity index (χ3n) is 6.23. The second-order valence-corrected chi connectivity index (χ2v) is 9.74. The lowest BCUT2D eigenvalue weighted by Gasteiger charge is -2.37. The van der Waals surface area contributed by atoms with Crippen molar-refractivity contribution in [3.05, 3.63) is 59.4 Å². The number of likely N-dealkylation sites (N-methyl/N-ethyl adjacent to an activating group) is 1. The lowest BCUT2D eigenvalue weighted by Crippen LogP contribution is -2.55. The largest absolute Gasteiger partial charge is 0.494 e. The molecule has 2 aromatic carbocycles. The third kappa shape index (κ3) is 6.85. The zero-order valence-electron chi connectivity index (χ0n) is 21.6. The molecule has 0 bridgehead atoms. The lowest BCUT2D eigenvalue weighted by atomic mass is 10.1. The van der Waals surface area contributed by atoms with Crippen LogP contribution in [0.5, 0.6) is 5.75 Å². The quantitative estimate of drug-likeness (QED) is 0.287. The number of amides is 1. The van der Waals surface area contributed by atoms with Gasteiger partial charge in [-0.05, 0) is 38.2 Å². The second-order valence-electron chi connectivity index (χ2n) is 8.83. The normalized spacial score (nSPS) is 16.5. The van der Waals surface area contributed by atoms with Crippen LogP contribution in [0.1, 0.15) is 6.92 Å². The molecule has 11 heteroatoms. The minimum absolute atomic E-state index is 0.220. The van der Waals surface area contributed by atoms with E-state index in [0.717, 1.165) is 28.6 Å². The average Bonchev–Trinajstić information content (AvgIpc) is 2.89. The van der Waals surface area contributed by atoms with E-state index in [1.54, 1.807) is 32.2 Å². The van der Waals surface area contributed by atoms with Gasteiger partial charge in [-0.15, -0.1) is 0 Å². The Balaban J connectivity index is 1.45. The molecular weight excluding hydrogens is 552 g/mol. The Bertz CT molecular complexity index is 1330. The summed E-state index contributed by atoms with van der Waals surface area (Å²) in [6.07, 6.45) is 4.76. The number of carbonyl (C=O) groups is 2. The van der Waals surface area contributed by atoms with E-state index in [1.165, 1.54) is 12.4 Å². The smallest absolute Gasteiger partial charge is 0.324 e. The van der Waals surface area contributed by atoms with Gasteiger partial charge in [0.2, 0.25) is 5.91 Å². The topological polar surface area (TPSA) is 109 Å². The molecular formula is C27H31BrN6O4. The molecule has 1 amide bonds. The van der Waals surface area contributed by atoms with Gasteiger partial charge in [-0.2, -0.15) is 0 Å². The Kier molecular flexibility index (Phi) is 9.27. The Morgan fingerprint density at radius 3 is 2.82 bits per heavy atom. The molecule has 4 rings (SSSR count). The summed E-state index contributed by atoms with van der Waals surface area (Å²) in [5.74, 6) is 0.579. The van der Waals surface area contributed by atoms with E-state index in [-0.39, 0.29) is 17.9 Å². The fourth-order valence-corrected chi connectivity index (χ4v) is 4.62. The molecule has 1 fully saturated rings. The number of carbonyl (C=O) groups excluding carboxylic acids is 2. The molecule has 1 unspecified atom stereocenters. The monoisotopic (exact) mass is 582 g/mol. The van der Waals surface area contributed by atoms with Gasteiger partial charge in [0.1, 0.15) is 23.9 Å². The summed E-state index contributed by atoms with van der Waals surface area (Å²) >= 11 is 3.48. The molecule has 3 aromatic rings. The minimum Gasteiger partial charge on any atom is -0.494 e. The van der Waals surface area contributed by atoms with Crippen LogP contribution in [-0.2, 0) is 14.3 Å². The first kappa shape index (κ1) is 27.5. The van der Waals surface area contributed by atoms with E-state index in [9.17, 15) is 9.59 Å². The number of rotatable bonds is 9. The van der Waals surface area contributed by atoms with Crippen molar-refractivity contribution in [2.45, 2.75) is 13.0 Å². The van der Waals surface area contributed by atoms with E-state index >= 15 is 0 Å². The number of aromatic nitrogens is 2. The van der Waals surface area contributed by atoms with Gasteiger partial charge in [-0.1, -0.05) is 28.1 Å². The van der Waals surface area contributed by atoms with Crippen LogP contribution in [0.25, 0.3) is 10.9 Å². The fourth-order valence-electron chi connectivity index (χ4n) is 4.23. The molecule has 2 N–H and O–H groups in total. The van der Waals surface area contributed by atoms with Gasteiger partial charge in [0.25, 0.3) is 0 Å². The van der Waals surface area contributed by atoms with Crippen molar-refractivity contribution in [2.24, 2.45) is 0 Å². The number of esters is 1. The predicted molar refractivity (Wildman–Crippen MR) is 151 cm³/mol. The van der Waals surface area contributed by atoms with E-state index in [0.29, 0.717) is 42.5 Å². The summed E-state index contributed by atoms with van der Waals surface area (Å²) in [6, 6.07) is 11.0. The first-order valence-corrected chi connectivity index (χ1v) is 13.1. The Hall–Kier alpha value is -3.54. The van der Waals surface area contributed by atoms with Gasteiger partial charge in [0, 0.05) is 53.9 Å². The third-order valence-corrected chi connectivity index (χ3v) is 6.72. The number of hydrogen-bond donors (Lipinski definition) is 2. The van der Waals surface area contributed by atoms with Crippen molar-refractivity contribution >= 4 is 55.9 Å². The van der Waals surface area contributed by atoms with Crippen molar-refractivity contribution < 1.29 is 19.1 Å². The van der Waals surface area contributed by atoms with Crippen LogP contribution in [0.3, 0.4) is 0 Å². The maximum absolute atomic E-state index is 12.8. The molecule has 1 aliphatic rings. The Labute approximate surface area is 230 Å². The summed E-state index contributed by atoms with van der Waals surface area (Å²) < 4.78 is 11.6. The zero-order chi connectivity index (χ0) is 27.1. The van der Waals surface area contributed by atoms with Crippen molar-refractivity contribution in [3.63, 3.8) is 0 Å². The van der Waals surface area contributed by atoms with Crippen LogP contribution in [0.4, 0.5) is 17.2 Å². The maximum atomic E-state index is 12.8. The molecule has 0 spiro atoms. The number of halogens is 1. The van der Waals surface area contributed by atoms with Crippen molar-refractivity contribution in [1.29, 1.82) is 0 Å². The highest BCUT2D eigenvalue weighted by Crippen LogP contribution is 2.33. The van der Waals surface area contributed by atoms with Gasteiger partial charge in [0.15, 0.2) is 0 Å². The summed E-state index contributed by atoms with van der Waals surface area (Å²) in [5.41, 5.74) is 2.04. The number of anilines is 3. The van der Waals surface area contributed by atoms with E-state index in [1.807, 2.05) is 36.2 Å². The van der Waals surface area contributed by atoms with E-state index in [2.05, 4.69) is 41.4 Å². The first-order chi connectivity index (χ1) is 18.4. The van der Waals surface area contributed by atoms with E-state index in [4.69, 9.17) is 9.47 Å². The van der Waals surface area contributed by atoms with Crippen molar-refractivity contribution in [1.82, 2.24) is 19.8 Å². The second kappa shape index (κ2) is 12.8. The number of hydrogen-bond acceptors (Lipinski definition) is 9. The predicted octanol–water partition coefficient (Wildman–Crippen LogP) is 3.82. The number of benzene rings is 2. The molecule has 0 radical (unpaired) electrons.